The van der Waals surface area contributed by atoms with E-state index in [1.54, 1.807) is 0 Å². The van der Waals surface area contributed by atoms with Crippen LogP contribution in [0.5, 0.6) is 0 Å². The fourth-order valence-corrected chi connectivity index (χ4v) is 4.05. The fourth-order valence-electron chi connectivity index (χ4n) is 3.81. The molecule has 1 aliphatic rings. The second kappa shape index (κ2) is 8.82. The van der Waals surface area contributed by atoms with E-state index in [9.17, 15) is 0 Å². The molecule has 1 saturated heterocycles. The number of halogens is 1. The molecule has 0 radical (unpaired) electrons. The number of aromatic nitrogens is 4. The molecule has 1 aromatic heterocycles. The zero-order chi connectivity index (χ0) is 19.3. The molecule has 28 heavy (non-hydrogen) atoms. The first kappa shape index (κ1) is 19.1. The maximum absolute atomic E-state index is 6.61. The summed E-state index contributed by atoms with van der Waals surface area (Å²) in [5.74, 6) is 0.835. The summed E-state index contributed by atoms with van der Waals surface area (Å²) in [5, 5.41) is 13.5. The van der Waals surface area contributed by atoms with Gasteiger partial charge in [0.2, 0.25) is 0 Å². The van der Waals surface area contributed by atoms with Crippen molar-refractivity contribution in [2.75, 3.05) is 32.7 Å². The minimum Gasteiger partial charge on any atom is -0.301 e. The van der Waals surface area contributed by atoms with Crippen molar-refractivity contribution in [3.63, 3.8) is 0 Å². The van der Waals surface area contributed by atoms with E-state index in [-0.39, 0.29) is 6.04 Å². The summed E-state index contributed by atoms with van der Waals surface area (Å²) in [6.07, 6.45) is 0. The largest absolute Gasteiger partial charge is 0.301 e. The summed E-state index contributed by atoms with van der Waals surface area (Å²) in [5.41, 5.74) is 2.22. The second-order valence-electron chi connectivity index (χ2n) is 7.07. The van der Waals surface area contributed by atoms with Gasteiger partial charge in [-0.1, -0.05) is 67.1 Å². The molecular formula is C21H25ClN6. The normalized spacial score (nSPS) is 16.9. The van der Waals surface area contributed by atoms with Crippen molar-refractivity contribution >= 4 is 11.6 Å². The van der Waals surface area contributed by atoms with Gasteiger partial charge in [-0.3, -0.25) is 4.90 Å². The van der Waals surface area contributed by atoms with Crippen LogP contribution in [0.25, 0.3) is 0 Å². The number of nitrogens with zero attached hydrogens (tertiary/aromatic N) is 6. The van der Waals surface area contributed by atoms with Gasteiger partial charge in [0.25, 0.3) is 0 Å². The summed E-state index contributed by atoms with van der Waals surface area (Å²) in [4.78, 5) is 4.91. The lowest BCUT2D eigenvalue weighted by atomic mass is 10.0. The molecule has 3 aromatic rings. The van der Waals surface area contributed by atoms with Gasteiger partial charge >= 0.3 is 0 Å². The first-order chi connectivity index (χ1) is 13.8. The Morgan fingerprint density at radius 1 is 0.964 bits per heavy atom. The van der Waals surface area contributed by atoms with Crippen molar-refractivity contribution in [2.45, 2.75) is 19.5 Å². The Morgan fingerprint density at radius 3 is 2.39 bits per heavy atom. The molecule has 6 nitrogen and oxygen atoms in total. The summed E-state index contributed by atoms with van der Waals surface area (Å²) < 4.78 is 1.90. The summed E-state index contributed by atoms with van der Waals surface area (Å²) in [7, 11) is 0. The number of hydrogen-bond acceptors (Lipinski definition) is 5. The molecule has 1 fully saturated rings. The number of tetrazole rings is 1. The van der Waals surface area contributed by atoms with Crippen LogP contribution < -0.4 is 0 Å². The Hall–Kier alpha value is -2.28. The van der Waals surface area contributed by atoms with Crippen molar-refractivity contribution in [1.29, 1.82) is 0 Å². The van der Waals surface area contributed by atoms with Gasteiger partial charge in [-0.2, -0.15) is 0 Å². The topological polar surface area (TPSA) is 50.1 Å². The number of rotatable bonds is 6. The first-order valence-corrected chi connectivity index (χ1v) is 10.1. The minimum absolute atomic E-state index is 0.0635. The van der Waals surface area contributed by atoms with Crippen LogP contribution in [0, 0.1) is 0 Å². The monoisotopic (exact) mass is 396 g/mol. The SMILES string of the molecule is CCN1CCN([C@H](c2ccccc2Cl)c2nnnn2Cc2ccccc2)CC1. The van der Waals surface area contributed by atoms with Crippen LogP contribution in [-0.2, 0) is 6.54 Å². The van der Waals surface area contributed by atoms with Crippen molar-refractivity contribution in [1.82, 2.24) is 30.0 Å². The molecule has 0 aliphatic carbocycles. The maximum atomic E-state index is 6.61. The van der Waals surface area contributed by atoms with Gasteiger partial charge < -0.3 is 4.90 Å². The summed E-state index contributed by atoms with van der Waals surface area (Å²) >= 11 is 6.61. The standard InChI is InChI=1S/C21H25ClN6/c1-2-26-12-14-27(15-13-26)20(18-10-6-7-11-19(18)22)21-23-24-25-28(21)16-17-8-4-3-5-9-17/h3-11,20H,2,12-16H2,1H3/t20-/m1/s1. The van der Waals surface area contributed by atoms with Crippen molar-refractivity contribution in [3.05, 3.63) is 76.6 Å². The number of piperazine rings is 1. The summed E-state index contributed by atoms with van der Waals surface area (Å²) in [6.45, 7) is 7.93. The third kappa shape index (κ3) is 4.09. The second-order valence-corrected chi connectivity index (χ2v) is 7.48. The number of likely N-dealkylation sites (N-methyl/N-ethyl adjacent to an activating group) is 1. The zero-order valence-corrected chi connectivity index (χ0v) is 16.8. The molecule has 0 spiro atoms. The quantitative estimate of drug-likeness (QED) is 0.640. The molecule has 4 rings (SSSR count). The van der Waals surface area contributed by atoms with E-state index in [1.165, 1.54) is 5.56 Å². The molecule has 146 valence electrons. The van der Waals surface area contributed by atoms with E-state index < -0.39 is 0 Å². The van der Waals surface area contributed by atoms with Crippen LogP contribution >= 0.6 is 11.6 Å². The van der Waals surface area contributed by atoms with Gasteiger partial charge in [-0.05, 0) is 34.2 Å². The molecule has 0 saturated carbocycles. The average Bonchev–Trinajstić information content (AvgIpc) is 3.18. The zero-order valence-electron chi connectivity index (χ0n) is 16.1. The molecular weight excluding hydrogens is 372 g/mol. The van der Waals surface area contributed by atoms with Crippen LogP contribution in [0.4, 0.5) is 0 Å². The molecule has 0 N–H and O–H groups in total. The van der Waals surface area contributed by atoms with Gasteiger partial charge in [0.1, 0.15) is 0 Å². The smallest absolute Gasteiger partial charge is 0.173 e. The van der Waals surface area contributed by atoms with E-state index in [2.05, 4.69) is 50.4 Å². The third-order valence-corrected chi connectivity index (χ3v) is 5.74. The van der Waals surface area contributed by atoms with Crippen LogP contribution in [0.2, 0.25) is 5.02 Å². The number of benzene rings is 2. The first-order valence-electron chi connectivity index (χ1n) is 9.77. The lowest BCUT2D eigenvalue weighted by Crippen LogP contribution is -2.48. The van der Waals surface area contributed by atoms with Crippen molar-refractivity contribution in [2.24, 2.45) is 0 Å². The van der Waals surface area contributed by atoms with E-state index in [4.69, 9.17) is 11.6 Å². The molecule has 2 aromatic carbocycles. The molecule has 7 heteroatoms. The maximum Gasteiger partial charge on any atom is 0.173 e. The third-order valence-electron chi connectivity index (χ3n) is 5.40. The summed E-state index contributed by atoms with van der Waals surface area (Å²) in [6, 6.07) is 18.2. The van der Waals surface area contributed by atoms with E-state index in [0.29, 0.717) is 6.54 Å². The number of hydrogen-bond donors (Lipinski definition) is 0. The highest BCUT2D eigenvalue weighted by Crippen LogP contribution is 2.32. The van der Waals surface area contributed by atoms with Gasteiger partial charge in [-0.15, -0.1) is 5.10 Å². The Bertz CT molecular complexity index is 889. The highest BCUT2D eigenvalue weighted by atomic mass is 35.5. The van der Waals surface area contributed by atoms with Crippen LogP contribution in [-0.4, -0.2) is 62.7 Å². The molecule has 0 unspecified atom stereocenters. The molecule has 0 bridgehead atoms. The van der Waals surface area contributed by atoms with E-state index in [1.807, 2.05) is 41.1 Å². The molecule has 2 heterocycles. The van der Waals surface area contributed by atoms with E-state index in [0.717, 1.165) is 49.1 Å². The Labute approximate surface area is 170 Å². The molecule has 1 aliphatic heterocycles. The van der Waals surface area contributed by atoms with Crippen LogP contribution in [0.15, 0.2) is 54.6 Å². The predicted molar refractivity (Wildman–Crippen MR) is 110 cm³/mol. The van der Waals surface area contributed by atoms with Gasteiger partial charge in [0.05, 0.1) is 12.6 Å². The predicted octanol–water partition coefficient (Wildman–Crippen LogP) is 3.10. The highest BCUT2D eigenvalue weighted by Gasteiger charge is 2.31. The Kier molecular flexibility index (Phi) is 6.00. The fraction of sp³-hybridized carbons (Fsp3) is 0.381. The van der Waals surface area contributed by atoms with Crippen molar-refractivity contribution in [3.8, 4) is 0 Å². The van der Waals surface area contributed by atoms with Gasteiger partial charge in [0, 0.05) is 31.2 Å². The lowest BCUT2D eigenvalue weighted by Gasteiger charge is -2.38. The Morgan fingerprint density at radius 2 is 1.68 bits per heavy atom. The highest BCUT2D eigenvalue weighted by molar-refractivity contribution is 6.31. The average molecular weight is 397 g/mol. The van der Waals surface area contributed by atoms with Crippen LogP contribution in [0.3, 0.4) is 0 Å². The van der Waals surface area contributed by atoms with E-state index >= 15 is 0 Å². The Balaban J connectivity index is 1.69. The van der Waals surface area contributed by atoms with Crippen LogP contribution in [0.1, 0.15) is 29.9 Å². The minimum atomic E-state index is -0.0635. The lowest BCUT2D eigenvalue weighted by molar-refractivity contribution is 0.108. The molecule has 0 amide bonds. The molecule has 1 atom stereocenters. The van der Waals surface area contributed by atoms with Crippen molar-refractivity contribution < 1.29 is 0 Å². The van der Waals surface area contributed by atoms with Gasteiger partial charge in [0.15, 0.2) is 5.82 Å². The van der Waals surface area contributed by atoms with Gasteiger partial charge in [-0.25, -0.2) is 4.68 Å².